The topological polar surface area (TPSA) is 36.1 Å². The molecule has 3 nitrogen and oxygen atoms in total. The molecule has 1 atom stereocenters. The van der Waals surface area contributed by atoms with Crippen LogP contribution in [0, 0.1) is 0 Å². The van der Waals surface area contributed by atoms with E-state index in [9.17, 15) is 4.79 Å². The maximum atomic E-state index is 12.5. The molecule has 1 N–H and O–H groups in total. The number of likely N-dealkylation sites (tertiary alicyclic amines) is 1. The molecule has 0 aliphatic carbocycles. The van der Waals surface area contributed by atoms with E-state index >= 15 is 0 Å². The van der Waals surface area contributed by atoms with Crippen molar-refractivity contribution in [3.63, 3.8) is 0 Å². The zero-order chi connectivity index (χ0) is 13.9. The molecule has 0 spiro atoms. The van der Waals surface area contributed by atoms with Gasteiger partial charge in [-0.25, -0.2) is 0 Å². The zero-order valence-corrected chi connectivity index (χ0v) is 11.9. The number of carbonyl (C=O) groups is 1. The fourth-order valence-corrected chi connectivity index (χ4v) is 3.01. The fourth-order valence-electron chi connectivity index (χ4n) is 2.85. The van der Waals surface area contributed by atoms with Crippen LogP contribution >= 0.6 is 11.6 Å². The second-order valence-electron chi connectivity index (χ2n) is 5.22. The lowest BCUT2D eigenvalue weighted by Crippen LogP contribution is -2.37. The molecule has 1 aromatic carbocycles. The van der Waals surface area contributed by atoms with Crippen LogP contribution in [0.1, 0.15) is 28.9 Å². The number of hydrogen-bond acceptors (Lipinski definition) is 1. The van der Waals surface area contributed by atoms with Gasteiger partial charge in [-0.15, -0.1) is 0 Å². The van der Waals surface area contributed by atoms with Gasteiger partial charge in [0.2, 0.25) is 0 Å². The third-order valence-electron chi connectivity index (χ3n) is 3.83. The van der Waals surface area contributed by atoms with Crippen molar-refractivity contribution < 1.29 is 4.79 Å². The second-order valence-corrected chi connectivity index (χ2v) is 5.65. The first-order valence-corrected chi connectivity index (χ1v) is 7.30. The summed E-state index contributed by atoms with van der Waals surface area (Å²) in [5, 5.41) is 0.576. The van der Waals surface area contributed by atoms with Crippen molar-refractivity contribution in [2.45, 2.75) is 25.3 Å². The number of hydrogen-bond donors (Lipinski definition) is 1. The normalized spacial score (nSPS) is 18.4. The molecule has 1 fully saturated rings. The summed E-state index contributed by atoms with van der Waals surface area (Å²) in [4.78, 5) is 17.4. The smallest absolute Gasteiger partial charge is 0.270 e. The summed E-state index contributed by atoms with van der Waals surface area (Å²) in [6, 6.07) is 12.3. The number of rotatable bonds is 3. The van der Waals surface area contributed by atoms with Crippen LogP contribution in [0.4, 0.5) is 0 Å². The van der Waals surface area contributed by atoms with Gasteiger partial charge in [-0.1, -0.05) is 41.9 Å². The maximum absolute atomic E-state index is 12.5. The minimum absolute atomic E-state index is 0.0512. The van der Waals surface area contributed by atoms with Crippen LogP contribution in [0.3, 0.4) is 0 Å². The number of nitrogens with one attached hydrogen (secondary N) is 1. The quantitative estimate of drug-likeness (QED) is 0.922. The third-order valence-corrected chi connectivity index (χ3v) is 4.05. The molecule has 2 aromatic rings. The Kier molecular flexibility index (Phi) is 3.79. The molecule has 0 saturated carbocycles. The van der Waals surface area contributed by atoms with Crippen LogP contribution in [0.2, 0.25) is 5.02 Å². The molecule has 4 heteroatoms. The van der Waals surface area contributed by atoms with Crippen LogP contribution < -0.4 is 0 Å². The van der Waals surface area contributed by atoms with Crippen LogP contribution in [0.15, 0.2) is 42.6 Å². The predicted molar refractivity (Wildman–Crippen MR) is 80.0 cm³/mol. The maximum Gasteiger partial charge on any atom is 0.270 e. The minimum atomic E-state index is 0.0512. The van der Waals surface area contributed by atoms with Gasteiger partial charge >= 0.3 is 0 Å². The lowest BCUT2D eigenvalue weighted by molar-refractivity contribution is 0.0731. The Balaban J connectivity index is 1.74. The molecule has 3 rings (SSSR count). The Morgan fingerprint density at radius 3 is 2.85 bits per heavy atom. The molecule has 0 radical (unpaired) electrons. The summed E-state index contributed by atoms with van der Waals surface area (Å²) in [7, 11) is 0. The van der Waals surface area contributed by atoms with Crippen molar-refractivity contribution in [1.82, 2.24) is 9.88 Å². The lowest BCUT2D eigenvalue weighted by atomic mass is 10.0. The van der Waals surface area contributed by atoms with Gasteiger partial charge in [0.1, 0.15) is 5.69 Å². The highest BCUT2D eigenvalue weighted by Gasteiger charge is 2.29. The van der Waals surface area contributed by atoms with Gasteiger partial charge in [-0.05, 0) is 30.9 Å². The standard InChI is InChI=1S/C16H17ClN2O/c17-13-10-15(18-11-13)16(20)19-8-4-7-14(19)9-12-5-2-1-3-6-12/h1-3,5-6,10-11,14,18H,4,7-9H2. The van der Waals surface area contributed by atoms with Gasteiger partial charge in [-0.3, -0.25) is 4.79 Å². The number of H-pyrrole nitrogens is 1. The number of aromatic amines is 1. The Morgan fingerprint density at radius 2 is 2.15 bits per heavy atom. The third kappa shape index (κ3) is 2.73. The number of benzene rings is 1. The molecule has 1 aromatic heterocycles. The molecule has 0 bridgehead atoms. The number of carbonyl (C=O) groups excluding carboxylic acids is 1. The van der Waals surface area contributed by atoms with Crippen molar-refractivity contribution in [3.05, 3.63) is 58.9 Å². The molecule has 1 aliphatic rings. The number of aromatic nitrogens is 1. The summed E-state index contributed by atoms with van der Waals surface area (Å²) in [5.74, 6) is 0.0512. The molecular formula is C16H17ClN2O. The van der Waals surface area contributed by atoms with Crippen molar-refractivity contribution in [2.75, 3.05) is 6.54 Å². The molecule has 1 saturated heterocycles. The molecule has 2 heterocycles. The predicted octanol–water partition coefficient (Wildman–Crippen LogP) is 3.52. The average molecular weight is 289 g/mol. The van der Waals surface area contributed by atoms with Crippen LogP contribution in [0.5, 0.6) is 0 Å². The fraction of sp³-hybridized carbons (Fsp3) is 0.312. The van der Waals surface area contributed by atoms with E-state index in [1.54, 1.807) is 12.3 Å². The highest BCUT2D eigenvalue weighted by molar-refractivity contribution is 6.30. The van der Waals surface area contributed by atoms with Gasteiger partial charge in [0.15, 0.2) is 0 Å². The summed E-state index contributed by atoms with van der Waals surface area (Å²) in [6.45, 7) is 0.826. The molecule has 104 valence electrons. The lowest BCUT2D eigenvalue weighted by Gasteiger charge is -2.24. The largest absolute Gasteiger partial charge is 0.356 e. The summed E-state index contributed by atoms with van der Waals surface area (Å²) >= 11 is 5.88. The highest BCUT2D eigenvalue weighted by Crippen LogP contribution is 2.23. The van der Waals surface area contributed by atoms with Gasteiger partial charge < -0.3 is 9.88 Å². The number of amides is 1. The van der Waals surface area contributed by atoms with E-state index in [0.717, 1.165) is 25.8 Å². The SMILES string of the molecule is O=C(c1cc(Cl)c[nH]1)N1CCCC1Cc1ccccc1. The Hall–Kier alpha value is -1.74. The van der Waals surface area contributed by atoms with E-state index in [2.05, 4.69) is 17.1 Å². The average Bonchev–Trinajstić information content (AvgIpc) is 3.08. The van der Waals surface area contributed by atoms with E-state index < -0.39 is 0 Å². The van der Waals surface area contributed by atoms with E-state index in [4.69, 9.17) is 11.6 Å². The van der Waals surface area contributed by atoms with Gasteiger partial charge in [-0.2, -0.15) is 0 Å². The van der Waals surface area contributed by atoms with Crippen molar-refractivity contribution in [3.8, 4) is 0 Å². The first-order chi connectivity index (χ1) is 9.74. The summed E-state index contributed by atoms with van der Waals surface area (Å²) in [6.07, 6.45) is 4.70. The number of halogens is 1. The van der Waals surface area contributed by atoms with Crippen LogP contribution in [0.25, 0.3) is 0 Å². The molecule has 1 unspecified atom stereocenters. The summed E-state index contributed by atoms with van der Waals surface area (Å²) < 4.78 is 0. The molecule has 1 aliphatic heterocycles. The minimum Gasteiger partial charge on any atom is -0.356 e. The zero-order valence-electron chi connectivity index (χ0n) is 11.2. The van der Waals surface area contributed by atoms with Crippen molar-refractivity contribution in [1.29, 1.82) is 0 Å². The van der Waals surface area contributed by atoms with Crippen LogP contribution in [-0.4, -0.2) is 28.4 Å². The molecule has 20 heavy (non-hydrogen) atoms. The van der Waals surface area contributed by atoms with Crippen molar-refractivity contribution >= 4 is 17.5 Å². The first kappa shape index (κ1) is 13.3. The van der Waals surface area contributed by atoms with E-state index in [-0.39, 0.29) is 11.9 Å². The van der Waals surface area contributed by atoms with E-state index in [0.29, 0.717) is 10.7 Å². The highest BCUT2D eigenvalue weighted by atomic mass is 35.5. The summed E-state index contributed by atoms with van der Waals surface area (Å²) in [5.41, 5.74) is 1.86. The second kappa shape index (κ2) is 5.71. The van der Waals surface area contributed by atoms with E-state index in [1.807, 2.05) is 23.1 Å². The van der Waals surface area contributed by atoms with Crippen LogP contribution in [-0.2, 0) is 6.42 Å². The van der Waals surface area contributed by atoms with Gasteiger partial charge in [0.25, 0.3) is 5.91 Å². The van der Waals surface area contributed by atoms with Crippen molar-refractivity contribution in [2.24, 2.45) is 0 Å². The number of nitrogens with zero attached hydrogens (tertiary/aromatic N) is 1. The molecular weight excluding hydrogens is 272 g/mol. The monoisotopic (exact) mass is 288 g/mol. The molecule has 1 amide bonds. The van der Waals surface area contributed by atoms with Gasteiger partial charge in [0, 0.05) is 18.8 Å². The Bertz CT molecular complexity index is 594. The van der Waals surface area contributed by atoms with E-state index in [1.165, 1.54) is 5.56 Å². The Labute approximate surface area is 123 Å². The van der Waals surface area contributed by atoms with Gasteiger partial charge in [0.05, 0.1) is 5.02 Å². The first-order valence-electron chi connectivity index (χ1n) is 6.93. The Morgan fingerprint density at radius 1 is 1.35 bits per heavy atom.